The van der Waals surface area contributed by atoms with E-state index in [0.29, 0.717) is 17.8 Å². The standard InChI is InChI=1S/C11H17N3O2/c1-2-7-10(15)13-9(14-11(7)16)8-5-3-4-6-12-8/h8,12H,2-6H2,1H3,(H2,13,14,15,16). The number of nitrogens with one attached hydrogen (secondary N) is 2. The van der Waals surface area contributed by atoms with Gasteiger partial charge in [-0.1, -0.05) is 13.3 Å². The zero-order valence-electron chi connectivity index (χ0n) is 9.42. The molecule has 0 radical (unpaired) electrons. The monoisotopic (exact) mass is 223 g/mol. The van der Waals surface area contributed by atoms with Gasteiger partial charge >= 0.3 is 0 Å². The van der Waals surface area contributed by atoms with Crippen molar-refractivity contribution in [1.82, 2.24) is 15.3 Å². The molecule has 2 heterocycles. The fourth-order valence-corrected chi connectivity index (χ4v) is 2.07. The van der Waals surface area contributed by atoms with Gasteiger partial charge in [-0.3, -0.25) is 4.79 Å². The summed E-state index contributed by atoms with van der Waals surface area (Å²) in [4.78, 5) is 18.5. The summed E-state index contributed by atoms with van der Waals surface area (Å²) in [6.45, 7) is 2.76. The predicted molar refractivity (Wildman–Crippen MR) is 60.5 cm³/mol. The number of aromatic hydroxyl groups is 1. The second kappa shape index (κ2) is 4.65. The fourth-order valence-electron chi connectivity index (χ4n) is 2.07. The van der Waals surface area contributed by atoms with Crippen LogP contribution in [0.2, 0.25) is 0 Å². The average molecular weight is 223 g/mol. The molecule has 1 unspecified atom stereocenters. The molecule has 16 heavy (non-hydrogen) atoms. The quantitative estimate of drug-likeness (QED) is 0.694. The van der Waals surface area contributed by atoms with E-state index >= 15 is 0 Å². The SMILES string of the molecule is CCc1c(O)nc(C2CCCCN2)[nH]c1=O. The van der Waals surface area contributed by atoms with Crippen LogP contribution in [0.1, 0.15) is 43.6 Å². The minimum atomic E-state index is -0.225. The highest BCUT2D eigenvalue weighted by Gasteiger charge is 2.19. The number of aromatic nitrogens is 2. The van der Waals surface area contributed by atoms with Gasteiger partial charge < -0.3 is 15.4 Å². The van der Waals surface area contributed by atoms with Crippen LogP contribution in [0.15, 0.2) is 4.79 Å². The lowest BCUT2D eigenvalue weighted by atomic mass is 10.0. The van der Waals surface area contributed by atoms with Crippen molar-refractivity contribution in [3.8, 4) is 5.88 Å². The third-order valence-electron chi connectivity index (χ3n) is 3.01. The second-order valence-electron chi connectivity index (χ2n) is 4.11. The Morgan fingerprint density at radius 1 is 1.50 bits per heavy atom. The maximum atomic E-state index is 11.7. The van der Waals surface area contributed by atoms with Crippen molar-refractivity contribution in [3.05, 3.63) is 21.7 Å². The Hall–Kier alpha value is -1.36. The molecule has 1 saturated heterocycles. The first-order valence-corrected chi connectivity index (χ1v) is 5.77. The van der Waals surface area contributed by atoms with E-state index in [-0.39, 0.29) is 17.5 Å². The van der Waals surface area contributed by atoms with Crippen molar-refractivity contribution in [2.24, 2.45) is 0 Å². The van der Waals surface area contributed by atoms with Crippen LogP contribution in [-0.4, -0.2) is 21.6 Å². The molecule has 1 fully saturated rings. The molecule has 0 amide bonds. The summed E-state index contributed by atoms with van der Waals surface area (Å²) in [5.74, 6) is 0.424. The normalized spacial score (nSPS) is 20.9. The molecule has 5 nitrogen and oxygen atoms in total. The Kier molecular flexibility index (Phi) is 3.24. The summed E-state index contributed by atoms with van der Waals surface area (Å²) in [6, 6.07) is 0.0678. The average Bonchev–Trinajstić information content (AvgIpc) is 2.30. The van der Waals surface area contributed by atoms with Crippen LogP contribution >= 0.6 is 0 Å². The van der Waals surface area contributed by atoms with Crippen LogP contribution in [-0.2, 0) is 6.42 Å². The summed E-state index contributed by atoms with van der Waals surface area (Å²) in [5, 5.41) is 12.9. The molecular weight excluding hydrogens is 206 g/mol. The van der Waals surface area contributed by atoms with Crippen molar-refractivity contribution >= 4 is 0 Å². The van der Waals surface area contributed by atoms with Crippen LogP contribution in [0, 0.1) is 0 Å². The smallest absolute Gasteiger partial charge is 0.257 e. The summed E-state index contributed by atoms with van der Waals surface area (Å²) >= 11 is 0. The highest BCUT2D eigenvalue weighted by atomic mass is 16.3. The fraction of sp³-hybridized carbons (Fsp3) is 0.636. The van der Waals surface area contributed by atoms with Crippen molar-refractivity contribution < 1.29 is 5.11 Å². The highest BCUT2D eigenvalue weighted by molar-refractivity contribution is 5.23. The first-order valence-electron chi connectivity index (χ1n) is 5.77. The Labute approximate surface area is 93.9 Å². The third-order valence-corrected chi connectivity index (χ3v) is 3.01. The van der Waals surface area contributed by atoms with Crippen LogP contribution in [0.25, 0.3) is 0 Å². The number of hydrogen-bond donors (Lipinski definition) is 3. The number of H-pyrrole nitrogens is 1. The zero-order valence-corrected chi connectivity index (χ0v) is 9.42. The van der Waals surface area contributed by atoms with E-state index < -0.39 is 0 Å². The van der Waals surface area contributed by atoms with Crippen LogP contribution in [0.3, 0.4) is 0 Å². The Bertz CT molecular complexity index is 422. The molecule has 1 atom stereocenters. The van der Waals surface area contributed by atoms with Crippen LogP contribution in [0.5, 0.6) is 5.88 Å². The number of piperidine rings is 1. The lowest BCUT2D eigenvalue weighted by Gasteiger charge is -2.22. The molecular formula is C11H17N3O2. The second-order valence-corrected chi connectivity index (χ2v) is 4.11. The Balaban J connectivity index is 2.31. The topological polar surface area (TPSA) is 78.0 Å². The molecule has 0 aliphatic carbocycles. The molecule has 5 heteroatoms. The third kappa shape index (κ3) is 2.09. The largest absolute Gasteiger partial charge is 0.493 e. The summed E-state index contributed by atoms with van der Waals surface area (Å²) in [5.41, 5.74) is 0.136. The molecule has 0 aromatic carbocycles. The number of nitrogens with zero attached hydrogens (tertiary/aromatic N) is 1. The molecule has 0 saturated carbocycles. The van der Waals surface area contributed by atoms with Crippen molar-refractivity contribution in [2.75, 3.05) is 6.54 Å². The van der Waals surface area contributed by atoms with E-state index in [2.05, 4.69) is 15.3 Å². The Morgan fingerprint density at radius 3 is 2.88 bits per heavy atom. The molecule has 2 rings (SSSR count). The first-order chi connectivity index (χ1) is 7.72. The minimum absolute atomic E-state index is 0.0678. The van der Waals surface area contributed by atoms with Crippen LogP contribution < -0.4 is 10.9 Å². The van der Waals surface area contributed by atoms with Gasteiger partial charge in [-0.25, -0.2) is 0 Å². The summed E-state index contributed by atoms with van der Waals surface area (Å²) < 4.78 is 0. The summed E-state index contributed by atoms with van der Waals surface area (Å²) in [7, 11) is 0. The van der Waals surface area contributed by atoms with Gasteiger partial charge in [-0.2, -0.15) is 4.98 Å². The Morgan fingerprint density at radius 2 is 2.31 bits per heavy atom. The van der Waals surface area contributed by atoms with Gasteiger partial charge in [0.05, 0.1) is 11.6 Å². The molecule has 1 aromatic rings. The van der Waals surface area contributed by atoms with E-state index in [1.807, 2.05) is 6.92 Å². The molecule has 0 spiro atoms. The number of aromatic amines is 1. The van der Waals surface area contributed by atoms with Crippen molar-refractivity contribution in [1.29, 1.82) is 0 Å². The van der Waals surface area contributed by atoms with Crippen molar-refractivity contribution in [3.63, 3.8) is 0 Å². The molecule has 3 N–H and O–H groups in total. The van der Waals surface area contributed by atoms with Gasteiger partial charge in [0.1, 0.15) is 5.82 Å². The van der Waals surface area contributed by atoms with Gasteiger partial charge in [0.25, 0.3) is 5.56 Å². The van der Waals surface area contributed by atoms with E-state index in [9.17, 15) is 9.90 Å². The first kappa shape index (κ1) is 11.1. The van der Waals surface area contributed by atoms with Gasteiger partial charge in [-0.15, -0.1) is 0 Å². The van der Waals surface area contributed by atoms with E-state index in [1.165, 1.54) is 0 Å². The van der Waals surface area contributed by atoms with Gasteiger partial charge in [0.2, 0.25) is 5.88 Å². The maximum absolute atomic E-state index is 11.7. The lowest BCUT2D eigenvalue weighted by Crippen LogP contribution is -2.30. The highest BCUT2D eigenvalue weighted by Crippen LogP contribution is 2.21. The molecule has 1 aliphatic heterocycles. The number of hydrogen-bond acceptors (Lipinski definition) is 4. The van der Waals surface area contributed by atoms with Gasteiger partial charge in [0.15, 0.2) is 0 Å². The van der Waals surface area contributed by atoms with E-state index in [0.717, 1.165) is 25.8 Å². The molecule has 88 valence electrons. The van der Waals surface area contributed by atoms with E-state index in [1.54, 1.807) is 0 Å². The summed E-state index contributed by atoms with van der Waals surface area (Å²) in [6.07, 6.45) is 3.72. The zero-order chi connectivity index (χ0) is 11.5. The van der Waals surface area contributed by atoms with Crippen LogP contribution in [0.4, 0.5) is 0 Å². The van der Waals surface area contributed by atoms with Gasteiger partial charge in [0, 0.05) is 0 Å². The molecule has 1 aliphatic rings. The molecule has 1 aromatic heterocycles. The molecule has 0 bridgehead atoms. The van der Waals surface area contributed by atoms with Crippen molar-refractivity contribution in [2.45, 2.75) is 38.6 Å². The lowest BCUT2D eigenvalue weighted by molar-refractivity contribution is 0.383. The van der Waals surface area contributed by atoms with Gasteiger partial charge in [-0.05, 0) is 25.8 Å². The maximum Gasteiger partial charge on any atom is 0.257 e. The predicted octanol–water partition coefficient (Wildman–Crippen LogP) is 0.852. The number of rotatable bonds is 2. The van der Waals surface area contributed by atoms with E-state index in [4.69, 9.17) is 0 Å². The minimum Gasteiger partial charge on any atom is -0.493 e.